The Morgan fingerprint density at radius 2 is 1.53 bits per heavy atom. The van der Waals surface area contributed by atoms with Gasteiger partial charge in [-0.2, -0.15) is 0 Å². The lowest BCUT2D eigenvalue weighted by Crippen LogP contribution is -2.18. The van der Waals surface area contributed by atoms with Gasteiger partial charge in [0.15, 0.2) is 6.29 Å². The minimum absolute atomic E-state index is 0.163. The molecule has 0 bridgehead atoms. The first-order valence-electron chi connectivity index (χ1n) is 6.44. The molecule has 0 aromatic carbocycles. The molecule has 0 fully saturated rings. The van der Waals surface area contributed by atoms with Gasteiger partial charge in [0.05, 0.1) is 3.58 Å². The van der Waals surface area contributed by atoms with E-state index >= 15 is 0 Å². The number of rotatable bonds is 10. The van der Waals surface area contributed by atoms with Crippen molar-refractivity contribution in [2.75, 3.05) is 13.2 Å². The summed E-state index contributed by atoms with van der Waals surface area (Å²) in [7, 11) is 0. The minimum Gasteiger partial charge on any atom is -0.348 e. The van der Waals surface area contributed by atoms with Crippen LogP contribution in [0.5, 0.6) is 0 Å². The van der Waals surface area contributed by atoms with E-state index in [1.807, 2.05) is 13.8 Å². The summed E-state index contributed by atoms with van der Waals surface area (Å²) in [5.74, 6) is 0. The highest BCUT2D eigenvalue weighted by molar-refractivity contribution is 14.1. The molecule has 0 aliphatic heterocycles. The largest absolute Gasteiger partial charge is 0.348 e. The summed E-state index contributed by atoms with van der Waals surface area (Å²) in [6.45, 7) is 7.63. The molecule has 0 rings (SSSR count). The maximum atomic E-state index is 5.60. The van der Waals surface area contributed by atoms with Crippen molar-refractivity contribution >= 4 is 45.2 Å². The van der Waals surface area contributed by atoms with Crippen LogP contribution in [-0.4, -0.2) is 19.5 Å². The van der Waals surface area contributed by atoms with Crippen LogP contribution >= 0.6 is 45.2 Å². The maximum Gasteiger partial charge on any atom is 0.190 e. The summed E-state index contributed by atoms with van der Waals surface area (Å²) in [5, 5.41) is 0. The summed E-state index contributed by atoms with van der Waals surface area (Å²) in [5.41, 5.74) is 0. The van der Waals surface area contributed by atoms with Crippen LogP contribution in [-0.2, 0) is 9.47 Å². The molecule has 0 aliphatic rings. The van der Waals surface area contributed by atoms with Gasteiger partial charge in [-0.05, 0) is 71.9 Å². The lowest BCUT2D eigenvalue weighted by molar-refractivity contribution is -0.105. The van der Waals surface area contributed by atoms with E-state index in [0.717, 1.165) is 6.42 Å². The van der Waals surface area contributed by atoms with Crippen LogP contribution in [0.3, 0.4) is 0 Å². The van der Waals surface area contributed by atoms with Gasteiger partial charge in [0.25, 0.3) is 0 Å². The highest BCUT2D eigenvalue weighted by Gasteiger charge is 2.15. The van der Waals surface area contributed by atoms with Crippen LogP contribution < -0.4 is 0 Å². The first kappa shape index (κ1) is 18.1. The second kappa shape index (κ2) is 12.2. The van der Waals surface area contributed by atoms with E-state index in [1.165, 1.54) is 32.8 Å². The van der Waals surface area contributed by atoms with E-state index in [-0.39, 0.29) is 6.29 Å². The van der Waals surface area contributed by atoms with Gasteiger partial charge >= 0.3 is 0 Å². The van der Waals surface area contributed by atoms with E-state index in [1.54, 1.807) is 0 Å². The lowest BCUT2D eigenvalue weighted by Gasteiger charge is -2.18. The van der Waals surface area contributed by atoms with Gasteiger partial charge in [-0.25, -0.2) is 0 Å². The molecule has 0 aromatic rings. The average Bonchev–Trinajstić information content (AvgIpc) is 2.33. The smallest absolute Gasteiger partial charge is 0.190 e. The third-order valence-electron chi connectivity index (χ3n) is 2.35. The van der Waals surface area contributed by atoms with Crippen molar-refractivity contribution in [3.8, 4) is 0 Å². The van der Waals surface area contributed by atoms with Crippen molar-refractivity contribution in [1.29, 1.82) is 0 Å². The van der Waals surface area contributed by atoms with Crippen molar-refractivity contribution in [3.63, 3.8) is 0 Å². The third kappa shape index (κ3) is 8.77. The Morgan fingerprint density at radius 1 is 0.941 bits per heavy atom. The molecule has 0 heterocycles. The molecule has 0 atom stereocenters. The molecule has 0 aromatic heterocycles. The molecule has 0 unspecified atom stereocenters. The first-order chi connectivity index (χ1) is 8.17. The fraction of sp³-hybridized carbons (Fsp3) is 0.846. The van der Waals surface area contributed by atoms with Gasteiger partial charge in [0.2, 0.25) is 0 Å². The number of halogens is 2. The number of hydrogen-bond acceptors (Lipinski definition) is 2. The summed E-state index contributed by atoms with van der Waals surface area (Å²) in [4.78, 5) is 0. The normalized spacial score (nSPS) is 13.1. The Hall–Kier alpha value is 1.12. The van der Waals surface area contributed by atoms with Gasteiger partial charge in [0, 0.05) is 16.8 Å². The minimum atomic E-state index is -0.163. The molecule has 0 aliphatic carbocycles. The second-order valence-electron chi connectivity index (χ2n) is 3.81. The third-order valence-corrected chi connectivity index (χ3v) is 5.66. The molecule has 0 amide bonds. The average molecular weight is 466 g/mol. The molecule has 0 saturated carbocycles. The number of unbranched alkanes of at least 4 members (excludes halogenated alkanes) is 3. The first-order valence-corrected chi connectivity index (χ1v) is 8.60. The summed E-state index contributed by atoms with van der Waals surface area (Å²) in [6.07, 6.45) is 6.20. The van der Waals surface area contributed by atoms with Crippen LogP contribution in [0.2, 0.25) is 0 Å². The van der Waals surface area contributed by atoms with Crippen molar-refractivity contribution < 1.29 is 9.47 Å². The number of ether oxygens (including phenoxy) is 2. The number of hydrogen-bond donors (Lipinski definition) is 0. The summed E-state index contributed by atoms with van der Waals surface area (Å²) < 4.78 is 13.8. The van der Waals surface area contributed by atoms with Gasteiger partial charge in [0.1, 0.15) is 0 Å². The fourth-order valence-corrected chi connectivity index (χ4v) is 2.72. The molecule has 0 saturated heterocycles. The molecular weight excluding hydrogens is 442 g/mol. The summed E-state index contributed by atoms with van der Waals surface area (Å²) in [6, 6.07) is 0. The van der Waals surface area contributed by atoms with Crippen LogP contribution in [0.1, 0.15) is 52.9 Å². The molecule has 102 valence electrons. The van der Waals surface area contributed by atoms with Gasteiger partial charge in [-0.15, -0.1) is 0 Å². The van der Waals surface area contributed by atoms with Crippen molar-refractivity contribution in [2.45, 2.75) is 59.2 Å². The quantitative estimate of drug-likeness (QED) is 0.243. The molecule has 17 heavy (non-hydrogen) atoms. The van der Waals surface area contributed by atoms with Crippen LogP contribution in [0.25, 0.3) is 0 Å². The summed E-state index contributed by atoms with van der Waals surface area (Å²) >= 11 is 4.79. The maximum absolute atomic E-state index is 5.60. The van der Waals surface area contributed by atoms with Crippen LogP contribution in [0.4, 0.5) is 0 Å². The van der Waals surface area contributed by atoms with E-state index < -0.39 is 0 Å². The van der Waals surface area contributed by atoms with E-state index in [2.05, 4.69) is 52.1 Å². The van der Waals surface area contributed by atoms with Crippen LogP contribution in [0, 0.1) is 0 Å². The zero-order chi connectivity index (χ0) is 13.1. The SMILES string of the molecule is CCCCCC/C(I)=C(\I)C(OCC)OCC. The predicted octanol–water partition coefficient (Wildman–Crippen LogP) is 5.44. The van der Waals surface area contributed by atoms with Crippen LogP contribution in [0.15, 0.2) is 7.16 Å². The van der Waals surface area contributed by atoms with Gasteiger partial charge in [-0.1, -0.05) is 26.2 Å². The molecular formula is C13H24I2O2. The number of allylic oxidation sites excluding steroid dienone is 1. The van der Waals surface area contributed by atoms with Crippen molar-refractivity contribution in [2.24, 2.45) is 0 Å². The molecule has 0 spiro atoms. The lowest BCUT2D eigenvalue weighted by atomic mass is 10.1. The van der Waals surface area contributed by atoms with E-state index in [9.17, 15) is 0 Å². The van der Waals surface area contributed by atoms with Crippen molar-refractivity contribution in [3.05, 3.63) is 7.16 Å². The molecule has 0 radical (unpaired) electrons. The van der Waals surface area contributed by atoms with E-state index in [4.69, 9.17) is 9.47 Å². The Bertz CT molecular complexity index is 211. The Balaban J connectivity index is 4.20. The van der Waals surface area contributed by atoms with Gasteiger partial charge in [-0.3, -0.25) is 0 Å². The Labute approximate surface area is 133 Å². The Kier molecular flexibility index (Phi) is 13.0. The topological polar surface area (TPSA) is 18.5 Å². The standard InChI is InChI=1S/C13H24I2O2/c1-4-7-8-9-10-11(14)12(15)13(16-5-2)17-6-3/h13H,4-10H2,1-3H3/b12-11+. The Morgan fingerprint density at radius 3 is 2.00 bits per heavy atom. The highest BCUT2D eigenvalue weighted by atomic mass is 127. The second-order valence-corrected chi connectivity index (χ2v) is 6.27. The molecule has 4 heteroatoms. The molecule has 0 N–H and O–H groups in total. The molecule has 2 nitrogen and oxygen atoms in total. The highest BCUT2D eigenvalue weighted by Crippen LogP contribution is 2.29. The zero-order valence-electron chi connectivity index (χ0n) is 11.1. The monoisotopic (exact) mass is 466 g/mol. The zero-order valence-corrected chi connectivity index (χ0v) is 15.4. The predicted molar refractivity (Wildman–Crippen MR) is 90.9 cm³/mol. The fourth-order valence-electron chi connectivity index (χ4n) is 1.45. The van der Waals surface area contributed by atoms with Gasteiger partial charge < -0.3 is 9.47 Å². The van der Waals surface area contributed by atoms with E-state index in [0.29, 0.717) is 13.2 Å². The van der Waals surface area contributed by atoms with Crippen molar-refractivity contribution in [1.82, 2.24) is 0 Å².